The molecule has 0 aliphatic heterocycles. The first-order valence-corrected chi connectivity index (χ1v) is 5.51. The maximum atomic E-state index is 11.3. The fraction of sp³-hybridized carbons (Fsp3) is 0.250. The summed E-state index contributed by atoms with van der Waals surface area (Å²) in [7, 11) is 3.23. The molecule has 18 heavy (non-hydrogen) atoms. The number of aromatic nitrogens is 2. The lowest BCUT2D eigenvalue weighted by Gasteiger charge is -2.12. The van der Waals surface area contributed by atoms with Gasteiger partial charge in [0, 0.05) is 19.7 Å². The largest absolute Gasteiger partial charge is 0.341 e. The van der Waals surface area contributed by atoms with E-state index in [9.17, 15) is 4.79 Å². The number of nitrogens with one attached hydrogen (secondary N) is 1. The van der Waals surface area contributed by atoms with Crippen LogP contribution >= 0.6 is 0 Å². The molecule has 0 atom stereocenters. The van der Waals surface area contributed by atoms with Gasteiger partial charge in [-0.1, -0.05) is 35.5 Å². The summed E-state index contributed by atoms with van der Waals surface area (Å²) in [6.45, 7) is 0.277. The number of carbonyl (C=O) groups is 1. The normalized spacial score (nSPS) is 10.1. The predicted molar refractivity (Wildman–Crippen MR) is 65.7 cm³/mol. The number of carbonyl (C=O) groups excluding carboxylic acids is 1. The minimum absolute atomic E-state index is 0.200. The quantitative estimate of drug-likeness (QED) is 0.891. The summed E-state index contributed by atoms with van der Waals surface area (Å²) in [5, 5.41) is 6.40. The van der Waals surface area contributed by atoms with Crippen molar-refractivity contribution in [1.82, 2.24) is 20.4 Å². The molecule has 1 aromatic heterocycles. The number of urea groups is 1. The van der Waals surface area contributed by atoms with Crippen LogP contribution in [0.5, 0.6) is 0 Å². The van der Waals surface area contributed by atoms with E-state index in [-0.39, 0.29) is 12.6 Å². The van der Waals surface area contributed by atoms with Gasteiger partial charge in [-0.2, -0.15) is 4.98 Å². The zero-order valence-electron chi connectivity index (χ0n) is 10.3. The number of hydrogen-bond donors (Lipinski definition) is 1. The van der Waals surface area contributed by atoms with Crippen molar-refractivity contribution in [2.24, 2.45) is 0 Å². The van der Waals surface area contributed by atoms with E-state index in [2.05, 4.69) is 15.5 Å². The highest BCUT2D eigenvalue weighted by Crippen LogP contribution is 2.15. The van der Waals surface area contributed by atoms with Crippen molar-refractivity contribution in [3.8, 4) is 11.4 Å². The van der Waals surface area contributed by atoms with E-state index in [0.29, 0.717) is 11.7 Å². The summed E-state index contributed by atoms with van der Waals surface area (Å²) >= 11 is 0. The minimum Gasteiger partial charge on any atom is -0.341 e. The molecule has 6 nitrogen and oxygen atoms in total. The van der Waals surface area contributed by atoms with Crippen LogP contribution in [0.1, 0.15) is 5.89 Å². The van der Waals surface area contributed by atoms with Gasteiger partial charge in [0.1, 0.15) is 6.54 Å². The predicted octanol–water partition coefficient (Wildman–Crippen LogP) is 1.51. The highest BCUT2D eigenvalue weighted by atomic mass is 16.5. The lowest BCUT2D eigenvalue weighted by atomic mass is 10.2. The Morgan fingerprint density at radius 3 is 2.78 bits per heavy atom. The molecule has 94 valence electrons. The summed E-state index contributed by atoms with van der Waals surface area (Å²) < 4.78 is 5.10. The van der Waals surface area contributed by atoms with Crippen LogP contribution in [-0.2, 0) is 6.54 Å². The Labute approximate surface area is 105 Å². The van der Waals surface area contributed by atoms with E-state index >= 15 is 0 Å². The summed E-state index contributed by atoms with van der Waals surface area (Å²) in [4.78, 5) is 17.0. The van der Waals surface area contributed by atoms with Gasteiger partial charge in [-0.25, -0.2) is 4.79 Å². The van der Waals surface area contributed by atoms with Crippen LogP contribution in [0.25, 0.3) is 11.4 Å². The molecular formula is C12H14N4O2. The van der Waals surface area contributed by atoms with E-state index in [1.54, 1.807) is 14.1 Å². The first-order chi connectivity index (χ1) is 8.70. The highest BCUT2D eigenvalue weighted by molar-refractivity contribution is 5.73. The molecule has 6 heteroatoms. The van der Waals surface area contributed by atoms with Crippen LogP contribution in [0.2, 0.25) is 0 Å². The van der Waals surface area contributed by atoms with Gasteiger partial charge in [0.05, 0.1) is 0 Å². The summed E-state index contributed by atoms with van der Waals surface area (Å²) in [6.07, 6.45) is 0. The Hall–Kier alpha value is -2.37. The lowest BCUT2D eigenvalue weighted by molar-refractivity contribution is 0.202. The standard InChI is InChI=1S/C12H14N4O2/c1-13-12(17)16(2)8-10-14-11(15-18-10)9-6-4-3-5-7-9/h3-7H,8H2,1-2H3,(H,13,17). The van der Waals surface area contributed by atoms with Gasteiger partial charge in [0.15, 0.2) is 0 Å². The van der Waals surface area contributed by atoms with Crippen molar-refractivity contribution in [3.05, 3.63) is 36.2 Å². The molecule has 2 aromatic rings. The zero-order valence-corrected chi connectivity index (χ0v) is 10.3. The SMILES string of the molecule is CNC(=O)N(C)Cc1nc(-c2ccccc2)no1. The molecule has 0 unspecified atom stereocenters. The Balaban J connectivity index is 2.09. The molecule has 1 heterocycles. The van der Waals surface area contributed by atoms with Crippen LogP contribution in [0.15, 0.2) is 34.9 Å². The van der Waals surface area contributed by atoms with Gasteiger partial charge in [-0.05, 0) is 0 Å². The van der Waals surface area contributed by atoms with Crippen molar-refractivity contribution in [2.45, 2.75) is 6.54 Å². The van der Waals surface area contributed by atoms with Crippen LogP contribution < -0.4 is 5.32 Å². The molecule has 0 radical (unpaired) electrons. The fourth-order valence-electron chi connectivity index (χ4n) is 1.49. The first kappa shape index (κ1) is 12.1. The van der Waals surface area contributed by atoms with E-state index < -0.39 is 0 Å². The van der Waals surface area contributed by atoms with Gasteiger partial charge >= 0.3 is 6.03 Å². The van der Waals surface area contributed by atoms with Crippen LogP contribution in [0, 0.1) is 0 Å². The van der Waals surface area contributed by atoms with Crippen molar-refractivity contribution in [1.29, 1.82) is 0 Å². The molecule has 0 fully saturated rings. The number of amides is 2. The molecule has 1 aromatic carbocycles. The van der Waals surface area contributed by atoms with Gasteiger partial charge in [0.2, 0.25) is 11.7 Å². The maximum absolute atomic E-state index is 11.3. The van der Waals surface area contributed by atoms with Crippen molar-refractivity contribution >= 4 is 6.03 Å². The second kappa shape index (κ2) is 5.31. The Bertz CT molecular complexity index is 524. The summed E-state index contributed by atoms with van der Waals surface area (Å²) in [5.41, 5.74) is 0.884. The second-order valence-corrected chi connectivity index (χ2v) is 3.79. The molecule has 2 rings (SSSR count). The van der Waals surface area contributed by atoms with Gasteiger partial charge < -0.3 is 14.7 Å². The fourth-order valence-corrected chi connectivity index (χ4v) is 1.49. The lowest BCUT2D eigenvalue weighted by Crippen LogP contribution is -2.34. The summed E-state index contributed by atoms with van der Waals surface area (Å²) in [6, 6.07) is 9.33. The van der Waals surface area contributed by atoms with Crippen molar-refractivity contribution < 1.29 is 9.32 Å². The smallest absolute Gasteiger partial charge is 0.317 e. The molecule has 1 N–H and O–H groups in total. The van der Waals surface area contributed by atoms with Crippen LogP contribution in [-0.4, -0.2) is 35.2 Å². The molecular weight excluding hydrogens is 232 g/mol. The third-order valence-corrected chi connectivity index (χ3v) is 2.43. The average molecular weight is 246 g/mol. The number of rotatable bonds is 3. The number of benzene rings is 1. The monoisotopic (exact) mass is 246 g/mol. The number of nitrogens with zero attached hydrogens (tertiary/aromatic N) is 3. The highest BCUT2D eigenvalue weighted by Gasteiger charge is 2.13. The Morgan fingerprint density at radius 2 is 2.11 bits per heavy atom. The van der Waals surface area contributed by atoms with Gasteiger partial charge in [-0.15, -0.1) is 0 Å². The van der Waals surface area contributed by atoms with E-state index in [1.807, 2.05) is 30.3 Å². The van der Waals surface area contributed by atoms with Gasteiger partial charge in [0.25, 0.3) is 0 Å². The van der Waals surface area contributed by atoms with Crippen molar-refractivity contribution in [3.63, 3.8) is 0 Å². The third kappa shape index (κ3) is 2.65. The molecule has 0 spiro atoms. The number of hydrogen-bond acceptors (Lipinski definition) is 4. The minimum atomic E-state index is -0.200. The molecule has 2 amide bonds. The molecule has 0 aliphatic carbocycles. The van der Waals surface area contributed by atoms with E-state index in [0.717, 1.165) is 5.56 Å². The zero-order chi connectivity index (χ0) is 13.0. The third-order valence-electron chi connectivity index (χ3n) is 2.43. The molecule has 0 saturated carbocycles. The van der Waals surface area contributed by atoms with E-state index in [4.69, 9.17) is 4.52 Å². The first-order valence-electron chi connectivity index (χ1n) is 5.51. The van der Waals surface area contributed by atoms with E-state index in [1.165, 1.54) is 4.90 Å². The molecule has 0 bridgehead atoms. The van der Waals surface area contributed by atoms with Crippen molar-refractivity contribution in [2.75, 3.05) is 14.1 Å². The average Bonchev–Trinajstić information content (AvgIpc) is 2.87. The topological polar surface area (TPSA) is 71.3 Å². The van der Waals surface area contributed by atoms with Gasteiger partial charge in [-0.3, -0.25) is 0 Å². The maximum Gasteiger partial charge on any atom is 0.317 e. The Kier molecular flexibility index (Phi) is 3.57. The molecule has 0 saturated heterocycles. The molecule has 0 aliphatic rings. The van der Waals surface area contributed by atoms with Crippen LogP contribution in [0.3, 0.4) is 0 Å². The van der Waals surface area contributed by atoms with Crippen LogP contribution in [0.4, 0.5) is 4.79 Å². The second-order valence-electron chi connectivity index (χ2n) is 3.79. The Morgan fingerprint density at radius 1 is 1.39 bits per heavy atom. The summed E-state index contributed by atoms with van der Waals surface area (Å²) in [5.74, 6) is 0.927.